The van der Waals surface area contributed by atoms with E-state index in [0.29, 0.717) is 24.8 Å². The highest BCUT2D eigenvalue weighted by Gasteiger charge is 2.21. The van der Waals surface area contributed by atoms with Crippen molar-refractivity contribution in [3.8, 4) is 0 Å². The Hall–Kier alpha value is -0.770. The van der Waals surface area contributed by atoms with E-state index in [1.165, 1.54) is 12.8 Å². The lowest BCUT2D eigenvalue weighted by atomic mass is 9.85. The van der Waals surface area contributed by atoms with Gasteiger partial charge in [-0.2, -0.15) is 0 Å². The summed E-state index contributed by atoms with van der Waals surface area (Å²) >= 11 is 5.95. The molecule has 1 aromatic rings. The van der Waals surface area contributed by atoms with Gasteiger partial charge in [0, 0.05) is 18.0 Å². The number of carbonyl (C=O) groups excluding carboxylic acids is 1. The summed E-state index contributed by atoms with van der Waals surface area (Å²) in [4.78, 5) is 12.0. The van der Waals surface area contributed by atoms with Crippen molar-refractivity contribution in [1.29, 1.82) is 0 Å². The molecule has 0 spiro atoms. The van der Waals surface area contributed by atoms with Crippen molar-refractivity contribution in [2.75, 3.05) is 19.6 Å². The van der Waals surface area contributed by atoms with Gasteiger partial charge in [0.15, 0.2) is 0 Å². The maximum absolute atomic E-state index is 12.0. The van der Waals surface area contributed by atoms with Crippen LogP contribution in [0, 0.1) is 11.8 Å². The van der Waals surface area contributed by atoms with E-state index in [0.717, 1.165) is 30.1 Å². The number of amides is 1. The van der Waals surface area contributed by atoms with Gasteiger partial charge in [-0.1, -0.05) is 30.7 Å². The molecule has 0 aliphatic carbocycles. The second-order valence-corrected chi connectivity index (χ2v) is 6.45. The third-order valence-corrected chi connectivity index (χ3v) is 4.51. The quantitative estimate of drug-likeness (QED) is 0.829. The molecule has 3 nitrogen and oxygen atoms in total. The van der Waals surface area contributed by atoms with Crippen molar-refractivity contribution in [2.45, 2.75) is 32.6 Å². The minimum absolute atomic E-state index is 0. The lowest BCUT2D eigenvalue weighted by molar-refractivity contribution is -0.122. The van der Waals surface area contributed by atoms with E-state index < -0.39 is 0 Å². The van der Waals surface area contributed by atoms with E-state index in [9.17, 15) is 4.79 Å². The average Bonchev–Trinajstić information content (AvgIpc) is 2.48. The summed E-state index contributed by atoms with van der Waals surface area (Å²) in [5.74, 6) is 1.25. The molecule has 0 aromatic heterocycles. The summed E-state index contributed by atoms with van der Waals surface area (Å²) in [5, 5.41) is 7.18. The molecule has 22 heavy (non-hydrogen) atoms. The second kappa shape index (κ2) is 10.1. The van der Waals surface area contributed by atoms with Gasteiger partial charge in [0.2, 0.25) is 5.91 Å². The molecule has 0 bridgehead atoms. The first-order valence-corrected chi connectivity index (χ1v) is 8.25. The Kier molecular flexibility index (Phi) is 8.84. The molecule has 1 heterocycles. The normalized spacial score (nSPS) is 19.1. The molecule has 0 radical (unpaired) electrons. The van der Waals surface area contributed by atoms with Gasteiger partial charge in [0.25, 0.3) is 0 Å². The molecule has 124 valence electrons. The Morgan fingerprint density at radius 2 is 2.32 bits per heavy atom. The Labute approximate surface area is 144 Å². The van der Waals surface area contributed by atoms with Gasteiger partial charge in [-0.25, -0.2) is 0 Å². The topological polar surface area (TPSA) is 41.1 Å². The molecule has 1 aliphatic rings. The number of hydrogen-bond donors (Lipinski definition) is 2. The zero-order valence-electron chi connectivity index (χ0n) is 13.1. The lowest BCUT2D eigenvalue weighted by Gasteiger charge is -2.28. The summed E-state index contributed by atoms with van der Waals surface area (Å²) in [5.41, 5.74) is 1.16. The van der Waals surface area contributed by atoms with Crippen LogP contribution >= 0.6 is 24.0 Å². The Morgan fingerprint density at radius 1 is 1.50 bits per heavy atom. The molecule has 0 saturated carbocycles. The Bertz CT molecular complexity index is 462. The average molecular weight is 345 g/mol. The summed E-state index contributed by atoms with van der Waals surface area (Å²) in [7, 11) is 0. The van der Waals surface area contributed by atoms with E-state index in [1.54, 1.807) is 0 Å². The van der Waals surface area contributed by atoms with Crippen molar-refractivity contribution in [3.63, 3.8) is 0 Å². The van der Waals surface area contributed by atoms with E-state index in [-0.39, 0.29) is 18.3 Å². The lowest BCUT2D eigenvalue weighted by Crippen LogP contribution is -2.36. The minimum Gasteiger partial charge on any atom is -0.356 e. The number of nitrogens with one attached hydrogen (secondary N) is 2. The van der Waals surface area contributed by atoms with Crippen molar-refractivity contribution in [3.05, 3.63) is 34.9 Å². The monoisotopic (exact) mass is 344 g/mol. The smallest absolute Gasteiger partial charge is 0.220 e. The van der Waals surface area contributed by atoms with Crippen molar-refractivity contribution in [1.82, 2.24) is 10.6 Å². The van der Waals surface area contributed by atoms with Crippen LogP contribution in [0.5, 0.6) is 0 Å². The number of benzene rings is 1. The van der Waals surface area contributed by atoms with Crippen LogP contribution in [0.15, 0.2) is 24.3 Å². The predicted molar refractivity (Wildman–Crippen MR) is 94.8 cm³/mol. The summed E-state index contributed by atoms with van der Waals surface area (Å²) < 4.78 is 0. The van der Waals surface area contributed by atoms with Gasteiger partial charge in [-0.3, -0.25) is 4.79 Å². The number of carbonyl (C=O) groups is 1. The standard InChI is InChI=1S/C17H25ClN2O.ClH/c1-13(15-5-3-8-19-12-15)10-17(21)20-9-7-14-4-2-6-16(18)11-14;/h2,4,6,11,13,15,19H,3,5,7-10,12H2,1H3,(H,20,21);1H. The number of piperidine rings is 1. The van der Waals surface area contributed by atoms with E-state index in [4.69, 9.17) is 11.6 Å². The van der Waals surface area contributed by atoms with Gasteiger partial charge in [0.1, 0.15) is 0 Å². The van der Waals surface area contributed by atoms with Crippen LogP contribution in [0.4, 0.5) is 0 Å². The molecule has 1 saturated heterocycles. The largest absolute Gasteiger partial charge is 0.356 e. The molecule has 2 unspecified atom stereocenters. The van der Waals surface area contributed by atoms with Crippen molar-refractivity contribution >= 4 is 29.9 Å². The molecule has 1 aliphatic heterocycles. The molecule has 2 rings (SSSR count). The Morgan fingerprint density at radius 3 is 3.00 bits per heavy atom. The van der Waals surface area contributed by atoms with Crippen LogP contribution in [0.3, 0.4) is 0 Å². The number of hydrogen-bond acceptors (Lipinski definition) is 2. The summed E-state index contributed by atoms with van der Waals surface area (Å²) in [6.07, 6.45) is 3.92. The highest BCUT2D eigenvalue weighted by molar-refractivity contribution is 6.30. The molecule has 2 N–H and O–H groups in total. The van der Waals surface area contributed by atoms with Crippen LogP contribution in [0.25, 0.3) is 0 Å². The first kappa shape index (κ1) is 19.3. The highest BCUT2D eigenvalue weighted by atomic mass is 35.5. The van der Waals surface area contributed by atoms with Crippen LogP contribution in [-0.2, 0) is 11.2 Å². The third kappa shape index (κ3) is 6.55. The molecule has 2 atom stereocenters. The van der Waals surface area contributed by atoms with E-state index in [2.05, 4.69) is 17.6 Å². The zero-order chi connectivity index (χ0) is 15.1. The Balaban J connectivity index is 0.00000242. The number of halogens is 2. The molecule has 5 heteroatoms. The zero-order valence-corrected chi connectivity index (χ0v) is 14.7. The maximum Gasteiger partial charge on any atom is 0.220 e. The summed E-state index contributed by atoms with van der Waals surface area (Å²) in [6.45, 7) is 5.04. The predicted octanol–water partition coefficient (Wildman–Crippen LogP) is 3.45. The highest BCUT2D eigenvalue weighted by Crippen LogP contribution is 2.22. The van der Waals surface area contributed by atoms with E-state index in [1.807, 2.05) is 24.3 Å². The molecular formula is C17H26Cl2N2O. The van der Waals surface area contributed by atoms with Crippen LogP contribution in [-0.4, -0.2) is 25.5 Å². The SMILES string of the molecule is CC(CC(=O)NCCc1cccc(Cl)c1)C1CCCNC1.Cl. The van der Waals surface area contributed by atoms with E-state index >= 15 is 0 Å². The van der Waals surface area contributed by atoms with Crippen molar-refractivity contribution in [2.24, 2.45) is 11.8 Å². The second-order valence-electron chi connectivity index (χ2n) is 6.02. The van der Waals surface area contributed by atoms with Crippen LogP contribution < -0.4 is 10.6 Å². The van der Waals surface area contributed by atoms with Gasteiger partial charge >= 0.3 is 0 Å². The van der Waals surface area contributed by atoms with Crippen LogP contribution in [0.1, 0.15) is 31.7 Å². The first-order chi connectivity index (χ1) is 10.1. The molecule has 1 amide bonds. The van der Waals surface area contributed by atoms with Gasteiger partial charge in [0.05, 0.1) is 0 Å². The van der Waals surface area contributed by atoms with Gasteiger partial charge in [-0.05, 0) is 61.9 Å². The number of rotatable bonds is 6. The fraction of sp³-hybridized carbons (Fsp3) is 0.588. The maximum atomic E-state index is 12.0. The molecule has 1 aromatic carbocycles. The van der Waals surface area contributed by atoms with Gasteiger partial charge in [-0.15, -0.1) is 12.4 Å². The minimum atomic E-state index is 0. The fourth-order valence-corrected chi connectivity index (χ4v) is 3.15. The fourth-order valence-electron chi connectivity index (χ4n) is 2.93. The third-order valence-electron chi connectivity index (χ3n) is 4.27. The molecular weight excluding hydrogens is 319 g/mol. The van der Waals surface area contributed by atoms with Crippen molar-refractivity contribution < 1.29 is 4.79 Å². The van der Waals surface area contributed by atoms with Gasteiger partial charge < -0.3 is 10.6 Å². The summed E-state index contributed by atoms with van der Waals surface area (Å²) in [6, 6.07) is 7.79. The first-order valence-electron chi connectivity index (χ1n) is 7.87. The molecule has 1 fully saturated rings. The van der Waals surface area contributed by atoms with Crippen LogP contribution in [0.2, 0.25) is 5.02 Å².